The molecule has 36 heavy (non-hydrogen) atoms. The largest absolute Gasteiger partial charge is 0.423 e. The Morgan fingerprint density at radius 3 is 2.67 bits per heavy atom. The van der Waals surface area contributed by atoms with Crippen LogP contribution < -0.4 is 5.63 Å². The Labute approximate surface area is 212 Å². The zero-order chi connectivity index (χ0) is 25.2. The molecule has 0 aliphatic heterocycles. The van der Waals surface area contributed by atoms with Crippen LogP contribution in [0.3, 0.4) is 0 Å². The van der Waals surface area contributed by atoms with E-state index in [1.54, 1.807) is 25.4 Å². The van der Waals surface area contributed by atoms with Crippen molar-refractivity contribution in [2.24, 2.45) is 0 Å². The Balaban J connectivity index is 1.55. The summed E-state index contributed by atoms with van der Waals surface area (Å²) in [6, 6.07) is 17.2. The summed E-state index contributed by atoms with van der Waals surface area (Å²) in [4.78, 5) is 28.1. The molecule has 5 aromatic rings. The first-order valence-electron chi connectivity index (χ1n) is 11.5. The number of fused-ring (bicyclic) bond motifs is 1. The maximum Gasteiger partial charge on any atom is 0.336 e. The number of hydrogen-bond acceptors (Lipinski definition) is 7. The van der Waals surface area contributed by atoms with E-state index < -0.39 is 5.63 Å². The number of pyridine rings is 1. The molecule has 0 spiro atoms. The van der Waals surface area contributed by atoms with Crippen LogP contribution >= 0.6 is 11.8 Å². The molecule has 0 aliphatic carbocycles. The number of hydrogen-bond donors (Lipinski definition) is 0. The molecule has 5 rings (SSSR count). The van der Waals surface area contributed by atoms with Crippen LogP contribution in [0.4, 0.5) is 0 Å². The predicted octanol–water partition coefficient (Wildman–Crippen LogP) is 5.48. The highest BCUT2D eigenvalue weighted by atomic mass is 32.2. The van der Waals surface area contributed by atoms with Crippen LogP contribution in [0.2, 0.25) is 0 Å². The molecular formula is C28H24N4O3S. The second-order valence-electron chi connectivity index (χ2n) is 8.76. The summed E-state index contributed by atoms with van der Waals surface area (Å²) >= 11 is 1.50. The Kier molecular flexibility index (Phi) is 6.52. The summed E-state index contributed by atoms with van der Waals surface area (Å²) in [5, 5.41) is 10.5. The van der Waals surface area contributed by atoms with E-state index in [9.17, 15) is 9.59 Å². The van der Waals surface area contributed by atoms with Gasteiger partial charge in [0.05, 0.1) is 5.69 Å². The van der Waals surface area contributed by atoms with E-state index in [2.05, 4.69) is 47.2 Å². The maximum atomic E-state index is 12.3. The highest BCUT2D eigenvalue weighted by Gasteiger charge is 2.19. The number of benzene rings is 2. The van der Waals surface area contributed by atoms with E-state index in [0.717, 1.165) is 33.3 Å². The van der Waals surface area contributed by atoms with Gasteiger partial charge < -0.3 is 4.42 Å². The van der Waals surface area contributed by atoms with Crippen molar-refractivity contribution in [3.8, 4) is 17.1 Å². The molecule has 0 amide bonds. The minimum absolute atomic E-state index is 0.0542. The van der Waals surface area contributed by atoms with Gasteiger partial charge in [-0.3, -0.25) is 14.3 Å². The number of thioether (sulfide) groups is 1. The van der Waals surface area contributed by atoms with Crippen molar-refractivity contribution in [2.45, 2.75) is 38.1 Å². The number of nitrogens with zero attached hydrogens (tertiary/aromatic N) is 4. The molecule has 0 bridgehead atoms. The van der Waals surface area contributed by atoms with Gasteiger partial charge in [0.1, 0.15) is 11.4 Å². The Morgan fingerprint density at radius 2 is 1.92 bits per heavy atom. The van der Waals surface area contributed by atoms with Crippen molar-refractivity contribution in [3.05, 3.63) is 99.7 Å². The first-order valence-corrected chi connectivity index (χ1v) is 12.5. The minimum atomic E-state index is -0.426. The highest BCUT2D eigenvalue weighted by Crippen LogP contribution is 2.32. The molecule has 0 saturated heterocycles. The minimum Gasteiger partial charge on any atom is -0.423 e. The quantitative estimate of drug-likeness (QED) is 0.218. The van der Waals surface area contributed by atoms with Crippen LogP contribution in [0, 0.1) is 13.8 Å². The first-order chi connectivity index (χ1) is 17.4. The third kappa shape index (κ3) is 4.85. The molecule has 8 heteroatoms. The van der Waals surface area contributed by atoms with Crippen LogP contribution in [0.1, 0.15) is 29.2 Å². The Morgan fingerprint density at radius 1 is 1.06 bits per heavy atom. The second-order valence-corrected chi connectivity index (χ2v) is 9.70. The van der Waals surface area contributed by atoms with Gasteiger partial charge in [0.25, 0.3) is 0 Å². The van der Waals surface area contributed by atoms with Crippen LogP contribution in [0.15, 0.2) is 81.4 Å². The number of rotatable bonds is 7. The fraction of sp³-hybridized carbons (Fsp3) is 0.179. The number of aromatic nitrogens is 4. The number of ketones is 1. The zero-order valence-electron chi connectivity index (χ0n) is 20.2. The van der Waals surface area contributed by atoms with Crippen molar-refractivity contribution in [2.75, 3.05) is 0 Å². The lowest BCUT2D eigenvalue weighted by atomic mass is 10.1. The lowest BCUT2D eigenvalue weighted by Crippen LogP contribution is -2.04. The molecular weight excluding hydrogens is 472 g/mol. The maximum absolute atomic E-state index is 12.3. The first kappa shape index (κ1) is 23.7. The summed E-state index contributed by atoms with van der Waals surface area (Å²) in [6.07, 6.45) is 3.80. The molecule has 180 valence electrons. The molecule has 0 aliphatic rings. The molecule has 3 aromatic heterocycles. The van der Waals surface area contributed by atoms with E-state index in [0.29, 0.717) is 28.7 Å². The molecule has 0 unspecified atom stereocenters. The van der Waals surface area contributed by atoms with Gasteiger partial charge in [-0.25, -0.2) is 4.79 Å². The molecule has 0 atom stereocenters. The van der Waals surface area contributed by atoms with Gasteiger partial charge in [-0.1, -0.05) is 41.6 Å². The average Bonchev–Trinajstić information content (AvgIpc) is 3.26. The van der Waals surface area contributed by atoms with Gasteiger partial charge in [-0.15, -0.1) is 10.2 Å². The van der Waals surface area contributed by atoms with Gasteiger partial charge in [-0.05, 0) is 61.7 Å². The molecule has 0 saturated carbocycles. The SMILES string of the molecule is CC(=O)Cc1ccc2c(CSc3nnc(-c4cccnc4)n3-c3ccc(C)cc3C)cc(=O)oc2c1. The van der Waals surface area contributed by atoms with E-state index >= 15 is 0 Å². The smallest absolute Gasteiger partial charge is 0.336 e. The van der Waals surface area contributed by atoms with Gasteiger partial charge in [0, 0.05) is 41.6 Å². The fourth-order valence-corrected chi connectivity index (χ4v) is 5.19. The summed E-state index contributed by atoms with van der Waals surface area (Å²) < 4.78 is 7.48. The van der Waals surface area contributed by atoms with Crippen LogP contribution in [-0.2, 0) is 17.0 Å². The average molecular weight is 497 g/mol. The molecule has 2 aromatic carbocycles. The third-order valence-corrected chi connectivity index (χ3v) is 6.83. The lowest BCUT2D eigenvalue weighted by Gasteiger charge is -2.14. The van der Waals surface area contributed by atoms with Crippen molar-refractivity contribution >= 4 is 28.5 Å². The molecule has 3 heterocycles. The molecule has 0 fully saturated rings. The number of carbonyl (C=O) groups is 1. The van der Waals surface area contributed by atoms with Crippen LogP contribution in [-0.4, -0.2) is 25.5 Å². The van der Waals surface area contributed by atoms with Gasteiger partial charge >= 0.3 is 5.63 Å². The third-order valence-electron chi connectivity index (χ3n) is 5.85. The lowest BCUT2D eigenvalue weighted by molar-refractivity contribution is -0.116. The number of carbonyl (C=O) groups excluding carboxylic acids is 1. The van der Waals surface area contributed by atoms with E-state index in [1.807, 2.05) is 28.8 Å². The van der Waals surface area contributed by atoms with Crippen molar-refractivity contribution in [1.29, 1.82) is 0 Å². The summed E-state index contributed by atoms with van der Waals surface area (Å²) in [7, 11) is 0. The Hall–Kier alpha value is -4.04. The van der Waals surface area contributed by atoms with Gasteiger partial charge in [0.2, 0.25) is 0 Å². The molecule has 7 nitrogen and oxygen atoms in total. The summed E-state index contributed by atoms with van der Waals surface area (Å²) in [5.41, 5.74) is 5.82. The summed E-state index contributed by atoms with van der Waals surface area (Å²) in [6.45, 7) is 5.67. The monoisotopic (exact) mass is 496 g/mol. The van der Waals surface area contributed by atoms with Gasteiger partial charge in [0.15, 0.2) is 11.0 Å². The van der Waals surface area contributed by atoms with Gasteiger partial charge in [-0.2, -0.15) is 0 Å². The summed E-state index contributed by atoms with van der Waals surface area (Å²) in [5.74, 6) is 1.24. The van der Waals surface area contributed by atoms with Crippen molar-refractivity contribution in [1.82, 2.24) is 19.7 Å². The van der Waals surface area contributed by atoms with Crippen LogP contribution in [0.25, 0.3) is 28.0 Å². The van der Waals surface area contributed by atoms with Crippen molar-refractivity contribution < 1.29 is 9.21 Å². The topological polar surface area (TPSA) is 90.9 Å². The van der Waals surface area contributed by atoms with E-state index in [1.165, 1.54) is 23.4 Å². The second kappa shape index (κ2) is 9.91. The normalized spacial score (nSPS) is 11.2. The number of aryl methyl sites for hydroxylation is 2. The highest BCUT2D eigenvalue weighted by molar-refractivity contribution is 7.98. The standard InChI is InChI=1S/C28H24N4O3S/c1-17-6-9-24(18(2)11-17)32-27(21-5-4-10-29-15-21)30-31-28(32)36-16-22-14-26(34)35-25-13-20(12-19(3)33)7-8-23(22)25/h4-11,13-15H,12,16H2,1-3H3. The van der Waals surface area contributed by atoms with Crippen molar-refractivity contribution in [3.63, 3.8) is 0 Å². The fourth-order valence-electron chi connectivity index (χ4n) is 4.25. The molecule has 0 N–H and O–H groups in total. The van der Waals surface area contributed by atoms with E-state index in [4.69, 9.17) is 4.42 Å². The van der Waals surface area contributed by atoms with Crippen LogP contribution in [0.5, 0.6) is 0 Å². The number of Topliss-reactive ketones (excluding diaryl/α,β-unsaturated/α-hetero) is 1. The Bertz CT molecular complexity index is 1640. The zero-order valence-corrected chi connectivity index (χ0v) is 21.0. The van der Waals surface area contributed by atoms with E-state index in [-0.39, 0.29) is 5.78 Å². The molecule has 0 radical (unpaired) electrons. The predicted molar refractivity (Wildman–Crippen MR) is 140 cm³/mol.